The minimum atomic E-state index is -0.525. The molecule has 0 bridgehead atoms. The summed E-state index contributed by atoms with van der Waals surface area (Å²) in [5.74, 6) is 3.08. The first kappa shape index (κ1) is 11.1. The molecule has 0 aromatic rings. The number of amides is 1. The Morgan fingerprint density at radius 2 is 2.43 bits per heavy atom. The average Bonchev–Trinajstić information content (AvgIpc) is 2.55. The van der Waals surface area contributed by atoms with E-state index in [1.54, 1.807) is 0 Å². The number of rotatable bonds is 3. The van der Waals surface area contributed by atoms with Crippen LogP contribution in [-0.4, -0.2) is 24.5 Å². The molecule has 0 aromatic carbocycles. The van der Waals surface area contributed by atoms with Gasteiger partial charge in [0.1, 0.15) is 0 Å². The highest BCUT2D eigenvalue weighted by Gasteiger charge is 2.21. The van der Waals surface area contributed by atoms with Crippen molar-refractivity contribution in [3.63, 3.8) is 0 Å². The predicted molar refractivity (Wildman–Crippen MR) is 56.6 cm³/mol. The van der Waals surface area contributed by atoms with Crippen LogP contribution < -0.4 is 10.6 Å². The van der Waals surface area contributed by atoms with Gasteiger partial charge in [-0.3, -0.25) is 4.79 Å². The molecule has 0 radical (unpaired) electrons. The number of hydrogen-bond acceptors (Lipinski definition) is 2. The first-order chi connectivity index (χ1) is 6.53. The van der Waals surface area contributed by atoms with Crippen LogP contribution in [0.1, 0.15) is 26.7 Å². The van der Waals surface area contributed by atoms with Crippen molar-refractivity contribution >= 4 is 5.91 Å². The first-order valence-electron chi connectivity index (χ1n) is 5.03. The molecule has 0 saturated carbocycles. The Morgan fingerprint density at radius 3 is 2.93 bits per heavy atom. The van der Waals surface area contributed by atoms with Crippen molar-refractivity contribution in [2.45, 2.75) is 32.2 Å². The normalized spacial score (nSPS) is 21.6. The summed E-state index contributed by atoms with van der Waals surface area (Å²) < 4.78 is 0. The fourth-order valence-corrected chi connectivity index (χ4v) is 1.59. The van der Waals surface area contributed by atoms with Gasteiger partial charge in [-0.2, -0.15) is 0 Å². The van der Waals surface area contributed by atoms with Crippen molar-refractivity contribution in [2.75, 3.05) is 13.1 Å². The molecular weight excluding hydrogens is 176 g/mol. The molecule has 14 heavy (non-hydrogen) atoms. The minimum Gasteiger partial charge on any atom is -0.340 e. The predicted octanol–water partition coefficient (Wildman–Crippen LogP) is 0.514. The molecule has 3 heteroatoms. The van der Waals surface area contributed by atoms with Gasteiger partial charge in [0.15, 0.2) is 0 Å². The summed E-state index contributed by atoms with van der Waals surface area (Å²) in [4.78, 5) is 11.5. The second kappa shape index (κ2) is 4.47. The van der Waals surface area contributed by atoms with Crippen LogP contribution in [0.3, 0.4) is 0 Å². The maximum Gasteiger partial charge on any atom is 0.221 e. The second-order valence-corrected chi connectivity index (χ2v) is 4.38. The van der Waals surface area contributed by atoms with Gasteiger partial charge < -0.3 is 10.6 Å². The maximum atomic E-state index is 11.5. The number of carbonyl (C=O) groups is 1. The van der Waals surface area contributed by atoms with Gasteiger partial charge in [0, 0.05) is 6.42 Å². The summed E-state index contributed by atoms with van der Waals surface area (Å²) >= 11 is 0. The molecule has 1 aliphatic heterocycles. The molecule has 1 atom stereocenters. The van der Waals surface area contributed by atoms with E-state index in [2.05, 4.69) is 16.6 Å². The molecule has 1 fully saturated rings. The van der Waals surface area contributed by atoms with Gasteiger partial charge in [-0.05, 0) is 39.3 Å². The standard InChI is InChI=1S/C11H18N2O/c1-4-11(2,3)13-10(14)7-9-5-6-12-8-9/h1,9,12H,5-8H2,2-3H3,(H,13,14). The van der Waals surface area contributed by atoms with Gasteiger partial charge in [-0.25, -0.2) is 0 Å². The van der Waals surface area contributed by atoms with Gasteiger partial charge in [0.25, 0.3) is 0 Å². The third kappa shape index (κ3) is 3.39. The van der Waals surface area contributed by atoms with Crippen molar-refractivity contribution < 1.29 is 4.79 Å². The molecule has 1 unspecified atom stereocenters. The Kier molecular flexibility index (Phi) is 3.54. The van der Waals surface area contributed by atoms with Crippen LogP contribution in [-0.2, 0) is 4.79 Å². The monoisotopic (exact) mass is 194 g/mol. The molecule has 78 valence electrons. The minimum absolute atomic E-state index is 0.0571. The Bertz CT molecular complexity index is 247. The summed E-state index contributed by atoms with van der Waals surface area (Å²) in [7, 11) is 0. The largest absolute Gasteiger partial charge is 0.340 e. The van der Waals surface area contributed by atoms with Crippen LogP contribution in [0, 0.1) is 18.3 Å². The molecule has 0 spiro atoms. The van der Waals surface area contributed by atoms with E-state index in [4.69, 9.17) is 6.42 Å². The highest BCUT2D eigenvalue weighted by atomic mass is 16.1. The Hall–Kier alpha value is -1.01. The third-order valence-corrected chi connectivity index (χ3v) is 2.45. The van der Waals surface area contributed by atoms with Crippen LogP contribution in [0.25, 0.3) is 0 Å². The van der Waals surface area contributed by atoms with Crippen molar-refractivity contribution in [1.82, 2.24) is 10.6 Å². The topological polar surface area (TPSA) is 41.1 Å². The molecule has 1 amide bonds. The highest BCUT2D eigenvalue weighted by Crippen LogP contribution is 2.12. The molecular formula is C11H18N2O. The zero-order valence-corrected chi connectivity index (χ0v) is 8.89. The fourth-order valence-electron chi connectivity index (χ4n) is 1.59. The van der Waals surface area contributed by atoms with Crippen LogP contribution in [0.5, 0.6) is 0 Å². The lowest BCUT2D eigenvalue weighted by Crippen LogP contribution is -2.42. The average molecular weight is 194 g/mol. The lowest BCUT2D eigenvalue weighted by atomic mass is 10.0. The number of carbonyl (C=O) groups excluding carboxylic acids is 1. The van der Waals surface area contributed by atoms with Crippen LogP contribution >= 0.6 is 0 Å². The molecule has 1 saturated heterocycles. The van der Waals surface area contributed by atoms with Crippen LogP contribution in [0.2, 0.25) is 0 Å². The summed E-state index contributed by atoms with van der Waals surface area (Å²) in [5, 5.41) is 6.06. The number of terminal acetylenes is 1. The zero-order valence-electron chi connectivity index (χ0n) is 8.89. The molecule has 1 rings (SSSR count). The SMILES string of the molecule is C#CC(C)(C)NC(=O)CC1CCNC1. The number of nitrogens with one attached hydrogen (secondary N) is 2. The zero-order chi connectivity index (χ0) is 10.6. The van der Waals surface area contributed by atoms with Gasteiger partial charge >= 0.3 is 0 Å². The Morgan fingerprint density at radius 1 is 1.71 bits per heavy atom. The van der Waals surface area contributed by atoms with Gasteiger partial charge in [-0.15, -0.1) is 6.42 Å². The van der Waals surface area contributed by atoms with Gasteiger partial charge in [0.05, 0.1) is 5.54 Å². The van der Waals surface area contributed by atoms with E-state index in [0.29, 0.717) is 12.3 Å². The number of hydrogen-bond donors (Lipinski definition) is 2. The van der Waals surface area contributed by atoms with E-state index in [0.717, 1.165) is 19.5 Å². The fraction of sp³-hybridized carbons (Fsp3) is 0.727. The van der Waals surface area contributed by atoms with Crippen molar-refractivity contribution in [2.24, 2.45) is 5.92 Å². The summed E-state index contributed by atoms with van der Waals surface area (Å²) in [6.07, 6.45) is 6.95. The van der Waals surface area contributed by atoms with E-state index in [-0.39, 0.29) is 5.91 Å². The highest BCUT2D eigenvalue weighted by molar-refractivity contribution is 5.77. The Balaban J connectivity index is 2.32. The van der Waals surface area contributed by atoms with Crippen molar-refractivity contribution in [1.29, 1.82) is 0 Å². The molecule has 3 nitrogen and oxygen atoms in total. The first-order valence-corrected chi connectivity index (χ1v) is 5.03. The van der Waals surface area contributed by atoms with E-state index >= 15 is 0 Å². The van der Waals surface area contributed by atoms with Gasteiger partial charge in [0.2, 0.25) is 5.91 Å². The molecule has 2 N–H and O–H groups in total. The molecule has 1 heterocycles. The maximum absolute atomic E-state index is 11.5. The van der Waals surface area contributed by atoms with E-state index in [1.807, 2.05) is 13.8 Å². The van der Waals surface area contributed by atoms with Crippen molar-refractivity contribution in [3.8, 4) is 12.3 Å². The van der Waals surface area contributed by atoms with Crippen LogP contribution in [0.15, 0.2) is 0 Å². The summed E-state index contributed by atoms with van der Waals surface area (Å²) in [6, 6.07) is 0. The lowest BCUT2D eigenvalue weighted by Gasteiger charge is -2.20. The van der Waals surface area contributed by atoms with Crippen molar-refractivity contribution in [3.05, 3.63) is 0 Å². The molecule has 0 aromatic heterocycles. The van der Waals surface area contributed by atoms with E-state index < -0.39 is 5.54 Å². The second-order valence-electron chi connectivity index (χ2n) is 4.38. The van der Waals surface area contributed by atoms with E-state index in [1.165, 1.54) is 0 Å². The van der Waals surface area contributed by atoms with Crippen LogP contribution in [0.4, 0.5) is 0 Å². The summed E-state index contributed by atoms with van der Waals surface area (Å²) in [5.41, 5.74) is -0.525. The van der Waals surface area contributed by atoms with E-state index in [9.17, 15) is 4.79 Å². The molecule has 0 aliphatic carbocycles. The third-order valence-electron chi connectivity index (χ3n) is 2.45. The Labute approximate surface area is 85.6 Å². The quantitative estimate of drug-likeness (QED) is 0.643. The smallest absolute Gasteiger partial charge is 0.221 e. The lowest BCUT2D eigenvalue weighted by molar-refractivity contribution is -0.122. The van der Waals surface area contributed by atoms with Gasteiger partial charge in [-0.1, -0.05) is 5.92 Å². The summed E-state index contributed by atoms with van der Waals surface area (Å²) in [6.45, 7) is 5.63. The molecule has 1 aliphatic rings.